The minimum absolute atomic E-state index is 0.0166. The second kappa shape index (κ2) is 17.1. The molecule has 0 aromatic carbocycles. The Morgan fingerprint density at radius 2 is 1.33 bits per heavy atom. The molecule has 2 heterocycles. The highest BCUT2D eigenvalue weighted by Crippen LogP contribution is 2.38. The smallest absolute Gasteiger partial charge is 0.414 e. The zero-order chi connectivity index (χ0) is 29.5. The Kier molecular flexibility index (Phi) is 14.7. The van der Waals surface area contributed by atoms with Crippen LogP contribution in [0.15, 0.2) is 0 Å². The molecule has 0 spiro atoms. The molecule has 15 heteroatoms. The molecule has 1 fully saturated rings. The first kappa shape index (κ1) is 33.5. The van der Waals surface area contributed by atoms with E-state index >= 15 is 0 Å². The minimum Gasteiger partial charge on any atom is -0.473 e. The van der Waals surface area contributed by atoms with Gasteiger partial charge in [-0.05, 0) is 44.7 Å². The van der Waals surface area contributed by atoms with Crippen LogP contribution in [0.3, 0.4) is 0 Å². The molecule has 2 aliphatic rings. The van der Waals surface area contributed by atoms with Gasteiger partial charge in [0.25, 0.3) is 0 Å². The van der Waals surface area contributed by atoms with E-state index in [1.165, 1.54) is 4.88 Å². The number of ether oxygens (including phenoxy) is 1. The lowest BCUT2D eigenvalue weighted by molar-refractivity contribution is -0.159. The Morgan fingerprint density at radius 1 is 0.821 bits per heavy atom. The van der Waals surface area contributed by atoms with Crippen molar-refractivity contribution >= 4 is 52.1 Å². The topological polar surface area (TPSA) is 211 Å². The number of hydrogen-bond acceptors (Lipinski definition) is 10. The summed E-state index contributed by atoms with van der Waals surface area (Å²) in [7, 11) is 0. The van der Waals surface area contributed by atoms with Gasteiger partial charge >= 0.3 is 29.8 Å². The molecule has 5 N–H and O–H groups in total. The van der Waals surface area contributed by atoms with Crippen molar-refractivity contribution in [3.05, 3.63) is 16.0 Å². The molecule has 3 rings (SSSR count). The maximum atomic E-state index is 12.5. The average molecular weight is 574 g/mol. The number of carbonyl (C=O) groups excluding carboxylic acids is 2. The highest BCUT2D eigenvalue weighted by Gasteiger charge is 2.27. The van der Waals surface area contributed by atoms with E-state index in [2.05, 4.69) is 22.0 Å². The number of aliphatic carboxylic acids is 4. The SMILES string of the molecule is CCOC(=O)c1c(NC(=O)CCN2CCN(CC)CC2)sc2c1CCCC2.O=C(O)C(=O)O.O=C(O)C(=O)O. The van der Waals surface area contributed by atoms with Crippen LogP contribution in [0.4, 0.5) is 5.00 Å². The number of likely N-dealkylation sites (N-methyl/N-ethyl adjacent to an activating group) is 1. The van der Waals surface area contributed by atoms with Gasteiger partial charge < -0.3 is 40.3 Å². The number of nitrogens with one attached hydrogen (secondary N) is 1. The predicted molar refractivity (Wildman–Crippen MR) is 139 cm³/mol. The summed E-state index contributed by atoms with van der Waals surface area (Å²) in [5, 5.41) is 33.3. The Balaban J connectivity index is 0.000000530. The lowest BCUT2D eigenvalue weighted by Crippen LogP contribution is -2.46. The van der Waals surface area contributed by atoms with Crippen molar-refractivity contribution in [3.63, 3.8) is 0 Å². The lowest BCUT2D eigenvalue weighted by atomic mass is 9.95. The number of esters is 1. The lowest BCUT2D eigenvalue weighted by Gasteiger charge is -2.33. The number of carboxylic acids is 4. The van der Waals surface area contributed by atoms with E-state index in [9.17, 15) is 9.59 Å². The molecule has 218 valence electrons. The number of rotatable bonds is 7. The van der Waals surface area contributed by atoms with Crippen molar-refractivity contribution in [3.8, 4) is 0 Å². The summed E-state index contributed by atoms with van der Waals surface area (Å²) in [4.78, 5) is 67.4. The zero-order valence-electron chi connectivity index (χ0n) is 21.9. The van der Waals surface area contributed by atoms with Crippen molar-refractivity contribution in [2.45, 2.75) is 46.0 Å². The second-order valence-corrected chi connectivity index (χ2v) is 9.54. The molecule has 0 unspecified atom stereocenters. The van der Waals surface area contributed by atoms with Gasteiger partial charge in [0.2, 0.25) is 5.91 Å². The number of nitrogens with zero attached hydrogens (tertiary/aromatic N) is 2. The standard InChI is InChI=1S/C20H31N3O3S.2C2H2O4/c1-3-22-11-13-23(14-12-22)10-9-17(24)21-19-18(20(25)26-4-2)15-7-5-6-8-16(15)27-19;2*3-1(4)2(5)6/h3-14H2,1-2H3,(H,21,24);2*(H,3,4)(H,5,6). The van der Waals surface area contributed by atoms with Gasteiger partial charge in [0.15, 0.2) is 0 Å². The van der Waals surface area contributed by atoms with Crippen LogP contribution in [-0.2, 0) is 41.6 Å². The molecule has 1 aromatic heterocycles. The number of aryl methyl sites for hydroxylation is 1. The fourth-order valence-electron chi connectivity index (χ4n) is 3.85. The van der Waals surface area contributed by atoms with Gasteiger partial charge in [-0.2, -0.15) is 0 Å². The number of carbonyl (C=O) groups is 6. The van der Waals surface area contributed by atoms with E-state index in [0.29, 0.717) is 23.6 Å². The molecular formula is C24H35N3O11S. The Bertz CT molecular complexity index is 985. The van der Waals surface area contributed by atoms with Crippen molar-refractivity contribution in [2.75, 3.05) is 51.2 Å². The van der Waals surface area contributed by atoms with Crippen LogP contribution in [0, 0.1) is 0 Å². The Morgan fingerprint density at radius 3 is 1.82 bits per heavy atom. The van der Waals surface area contributed by atoms with Gasteiger partial charge in [-0.15, -0.1) is 11.3 Å². The molecule has 1 amide bonds. The summed E-state index contributed by atoms with van der Waals surface area (Å²) in [5.74, 6) is -7.62. The largest absolute Gasteiger partial charge is 0.473 e. The number of piperazine rings is 1. The maximum Gasteiger partial charge on any atom is 0.414 e. The second-order valence-electron chi connectivity index (χ2n) is 8.43. The summed E-state index contributed by atoms with van der Waals surface area (Å²) < 4.78 is 5.25. The normalized spacial score (nSPS) is 14.8. The van der Waals surface area contributed by atoms with Crippen molar-refractivity contribution < 1.29 is 53.9 Å². The number of fused-ring (bicyclic) bond motifs is 1. The number of carboxylic acid groups (broad SMARTS) is 4. The first-order valence-electron chi connectivity index (χ1n) is 12.4. The van der Waals surface area contributed by atoms with Gasteiger partial charge in [-0.3, -0.25) is 4.79 Å². The number of hydrogen-bond donors (Lipinski definition) is 5. The van der Waals surface area contributed by atoms with Gasteiger partial charge in [-0.1, -0.05) is 6.92 Å². The van der Waals surface area contributed by atoms with Crippen LogP contribution >= 0.6 is 11.3 Å². The minimum atomic E-state index is -1.82. The highest BCUT2D eigenvalue weighted by atomic mass is 32.1. The molecule has 14 nitrogen and oxygen atoms in total. The number of thiophene rings is 1. The fourth-order valence-corrected chi connectivity index (χ4v) is 5.14. The van der Waals surface area contributed by atoms with Crippen molar-refractivity contribution in [1.29, 1.82) is 0 Å². The molecule has 0 atom stereocenters. The Labute approximate surface area is 229 Å². The summed E-state index contributed by atoms with van der Waals surface area (Å²) in [5.41, 5.74) is 1.69. The van der Waals surface area contributed by atoms with E-state index in [0.717, 1.165) is 70.5 Å². The van der Waals surface area contributed by atoms with E-state index < -0.39 is 23.9 Å². The van der Waals surface area contributed by atoms with Crippen LogP contribution < -0.4 is 5.32 Å². The monoisotopic (exact) mass is 573 g/mol. The van der Waals surface area contributed by atoms with E-state index in [1.807, 2.05) is 6.92 Å². The van der Waals surface area contributed by atoms with Crippen molar-refractivity contribution in [1.82, 2.24) is 9.80 Å². The zero-order valence-corrected chi connectivity index (χ0v) is 22.8. The van der Waals surface area contributed by atoms with Crippen LogP contribution in [-0.4, -0.2) is 112 Å². The predicted octanol–water partition coefficient (Wildman–Crippen LogP) is 1.08. The molecule has 1 aliphatic heterocycles. The van der Waals surface area contributed by atoms with Gasteiger partial charge in [0, 0.05) is 44.0 Å². The molecule has 0 bridgehead atoms. The fraction of sp³-hybridized carbons (Fsp3) is 0.583. The quantitative estimate of drug-likeness (QED) is 0.229. The van der Waals surface area contributed by atoms with Crippen molar-refractivity contribution in [2.24, 2.45) is 0 Å². The van der Waals surface area contributed by atoms with Crippen LogP contribution in [0.5, 0.6) is 0 Å². The van der Waals surface area contributed by atoms with Gasteiger partial charge in [-0.25, -0.2) is 24.0 Å². The molecule has 0 radical (unpaired) electrons. The third kappa shape index (κ3) is 11.8. The first-order chi connectivity index (χ1) is 18.4. The third-order valence-electron chi connectivity index (χ3n) is 5.84. The van der Waals surface area contributed by atoms with Crippen LogP contribution in [0.1, 0.15) is 53.9 Å². The Hall–Kier alpha value is -3.56. The molecule has 39 heavy (non-hydrogen) atoms. The summed E-state index contributed by atoms with van der Waals surface area (Å²) in [6, 6.07) is 0. The van der Waals surface area contributed by atoms with Crippen LogP contribution in [0.2, 0.25) is 0 Å². The summed E-state index contributed by atoms with van der Waals surface area (Å²) >= 11 is 1.56. The molecule has 1 saturated heterocycles. The summed E-state index contributed by atoms with van der Waals surface area (Å²) in [6.07, 6.45) is 4.58. The van der Waals surface area contributed by atoms with Gasteiger partial charge in [0.1, 0.15) is 5.00 Å². The molecule has 0 saturated carbocycles. The highest BCUT2D eigenvalue weighted by molar-refractivity contribution is 7.17. The van der Waals surface area contributed by atoms with Gasteiger partial charge in [0.05, 0.1) is 12.2 Å². The first-order valence-corrected chi connectivity index (χ1v) is 13.2. The number of anilines is 1. The maximum absolute atomic E-state index is 12.5. The van der Waals surface area contributed by atoms with E-state index in [1.54, 1.807) is 11.3 Å². The van der Waals surface area contributed by atoms with E-state index in [4.69, 9.17) is 44.3 Å². The third-order valence-corrected chi connectivity index (χ3v) is 7.04. The molecule has 1 aromatic rings. The van der Waals surface area contributed by atoms with E-state index in [-0.39, 0.29) is 11.9 Å². The summed E-state index contributed by atoms with van der Waals surface area (Å²) in [6.45, 7) is 10.4. The average Bonchev–Trinajstić information content (AvgIpc) is 3.26. The molecular weight excluding hydrogens is 538 g/mol. The van der Waals surface area contributed by atoms with Crippen LogP contribution in [0.25, 0.3) is 0 Å². The molecule has 1 aliphatic carbocycles. The number of amides is 1.